The molecule has 2 aliphatic rings. The van der Waals surface area contributed by atoms with Crippen LogP contribution in [-0.2, 0) is 0 Å². The summed E-state index contributed by atoms with van der Waals surface area (Å²) in [7, 11) is 0. The van der Waals surface area contributed by atoms with Gasteiger partial charge in [-0.15, -0.1) is 0 Å². The second-order valence-corrected chi connectivity index (χ2v) is 10.3. The molecule has 2 saturated heterocycles. The van der Waals surface area contributed by atoms with Gasteiger partial charge >= 0.3 is 5.97 Å². The molecule has 0 bridgehead atoms. The number of aromatic carboxylic acids is 1. The first-order chi connectivity index (χ1) is 18.1. The number of amides is 2. The summed E-state index contributed by atoms with van der Waals surface area (Å²) >= 11 is 0. The van der Waals surface area contributed by atoms with E-state index in [0.29, 0.717) is 66.7 Å². The van der Waals surface area contributed by atoms with E-state index < -0.39 is 23.2 Å². The number of carbonyl (C=O) groups is 3. The molecule has 2 amide bonds. The zero-order valence-electron chi connectivity index (χ0n) is 21.3. The Labute approximate surface area is 219 Å². The third-order valence-corrected chi connectivity index (χ3v) is 7.83. The van der Waals surface area contributed by atoms with Gasteiger partial charge in [-0.2, -0.15) is 0 Å². The highest BCUT2D eigenvalue weighted by atomic mass is 19.1. The van der Waals surface area contributed by atoms with Crippen molar-refractivity contribution >= 4 is 17.8 Å². The van der Waals surface area contributed by atoms with Gasteiger partial charge in [0.1, 0.15) is 11.6 Å². The number of hydrogen-bond acceptors (Lipinski definition) is 3. The number of carboxylic acid groups (broad SMARTS) is 1. The molecule has 196 valence electrons. The minimum atomic E-state index is -1.03. The molecule has 1 atom stereocenters. The van der Waals surface area contributed by atoms with Crippen molar-refractivity contribution in [2.45, 2.75) is 38.6 Å². The molecular formula is C30H28F2N2O4. The second-order valence-electron chi connectivity index (χ2n) is 10.3. The van der Waals surface area contributed by atoms with E-state index in [-0.39, 0.29) is 22.9 Å². The van der Waals surface area contributed by atoms with Crippen LogP contribution in [0.25, 0.3) is 11.1 Å². The van der Waals surface area contributed by atoms with Gasteiger partial charge in [0.15, 0.2) is 0 Å². The van der Waals surface area contributed by atoms with Crippen LogP contribution in [-0.4, -0.2) is 57.9 Å². The lowest BCUT2D eigenvalue weighted by Crippen LogP contribution is -2.69. The molecule has 1 N–H and O–H groups in total. The van der Waals surface area contributed by atoms with Crippen molar-refractivity contribution in [1.29, 1.82) is 0 Å². The van der Waals surface area contributed by atoms with Gasteiger partial charge in [0.2, 0.25) is 0 Å². The van der Waals surface area contributed by atoms with Crippen LogP contribution in [0.15, 0.2) is 54.6 Å². The monoisotopic (exact) mass is 518 g/mol. The highest BCUT2D eigenvalue weighted by molar-refractivity contribution is 5.98. The van der Waals surface area contributed by atoms with Crippen molar-refractivity contribution in [3.63, 3.8) is 0 Å². The number of nitrogens with zero attached hydrogens (tertiary/aromatic N) is 2. The normalized spacial score (nSPS) is 18.8. The molecule has 2 heterocycles. The number of benzene rings is 3. The van der Waals surface area contributed by atoms with Crippen LogP contribution in [0.4, 0.5) is 8.78 Å². The van der Waals surface area contributed by atoms with Crippen molar-refractivity contribution in [3.05, 3.63) is 94.0 Å². The fourth-order valence-corrected chi connectivity index (χ4v) is 5.83. The molecule has 6 nitrogen and oxygen atoms in total. The van der Waals surface area contributed by atoms with Crippen LogP contribution in [0, 0.1) is 25.5 Å². The minimum absolute atomic E-state index is 0.0334. The Hall–Kier alpha value is -4.07. The van der Waals surface area contributed by atoms with Gasteiger partial charge in [-0.25, -0.2) is 13.6 Å². The number of hydrogen-bond donors (Lipinski definition) is 1. The smallest absolute Gasteiger partial charge is 0.336 e. The van der Waals surface area contributed by atoms with Gasteiger partial charge < -0.3 is 14.9 Å². The summed E-state index contributed by atoms with van der Waals surface area (Å²) in [6, 6.07) is 13.3. The van der Waals surface area contributed by atoms with E-state index in [4.69, 9.17) is 0 Å². The highest BCUT2D eigenvalue weighted by Crippen LogP contribution is 2.40. The molecule has 38 heavy (non-hydrogen) atoms. The number of likely N-dealkylation sites (tertiary alicyclic amines) is 2. The van der Waals surface area contributed by atoms with Crippen molar-refractivity contribution < 1.29 is 28.3 Å². The first-order valence-electron chi connectivity index (χ1n) is 12.6. The lowest BCUT2D eigenvalue weighted by atomic mass is 9.77. The lowest BCUT2D eigenvalue weighted by Gasteiger charge is -2.57. The predicted molar refractivity (Wildman–Crippen MR) is 138 cm³/mol. The molecule has 8 heteroatoms. The van der Waals surface area contributed by atoms with Gasteiger partial charge in [-0.05, 0) is 91.8 Å². The van der Waals surface area contributed by atoms with Gasteiger partial charge in [0.25, 0.3) is 11.8 Å². The van der Waals surface area contributed by atoms with Crippen LogP contribution < -0.4 is 0 Å². The second kappa shape index (κ2) is 9.67. The third kappa shape index (κ3) is 4.44. The summed E-state index contributed by atoms with van der Waals surface area (Å²) in [4.78, 5) is 41.7. The topological polar surface area (TPSA) is 77.9 Å². The lowest BCUT2D eigenvalue weighted by molar-refractivity contribution is -0.0403. The predicted octanol–water partition coefficient (Wildman–Crippen LogP) is 5.47. The maximum Gasteiger partial charge on any atom is 0.336 e. The van der Waals surface area contributed by atoms with Crippen LogP contribution in [0.5, 0.6) is 0 Å². The van der Waals surface area contributed by atoms with E-state index >= 15 is 4.39 Å². The molecule has 3 aromatic rings. The van der Waals surface area contributed by atoms with E-state index in [2.05, 4.69) is 0 Å². The molecule has 1 spiro atoms. The van der Waals surface area contributed by atoms with Crippen LogP contribution in [0.2, 0.25) is 0 Å². The van der Waals surface area contributed by atoms with E-state index in [9.17, 15) is 23.9 Å². The quantitative estimate of drug-likeness (QED) is 0.497. The number of carboxylic acids is 1. The highest BCUT2D eigenvalue weighted by Gasteiger charge is 2.50. The van der Waals surface area contributed by atoms with E-state index in [1.807, 2.05) is 0 Å². The van der Waals surface area contributed by atoms with E-state index in [1.165, 1.54) is 24.3 Å². The van der Waals surface area contributed by atoms with Gasteiger partial charge in [-0.1, -0.05) is 18.2 Å². The molecule has 0 radical (unpaired) electrons. The maximum absolute atomic E-state index is 15.1. The van der Waals surface area contributed by atoms with Crippen LogP contribution in [0.3, 0.4) is 0 Å². The summed E-state index contributed by atoms with van der Waals surface area (Å²) in [6.45, 7) is 4.69. The fourth-order valence-electron chi connectivity index (χ4n) is 5.83. The zero-order valence-corrected chi connectivity index (χ0v) is 21.3. The van der Waals surface area contributed by atoms with Gasteiger partial charge in [-0.3, -0.25) is 9.59 Å². The Bertz CT molecular complexity index is 1430. The summed E-state index contributed by atoms with van der Waals surface area (Å²) in [6.07, 6.45) is 2.13. The van der Waals surface area contributed by atoms with Crippen LogP contribution >= 0.6 is 0 Å². The maximum atomic E-state index is 15.1. The molecule has 0 saturated carbocycles. The van der Waals surface area contributed by atoms with Gasteiger partial charge in [0, 0.05) is 25.2 Å². The molecule has 0 aromatic heterocycles. The number of rotatable bonds is 4. The third-order valence-electron chi connectivity index (χ3n) is 7.83. The zero-order chi connectivity index (χ0) is 27.2. The Morgan fingerprint density at radius 2 is 1.50 bits per heavy atom. The molecule has 2 aliphatic heterocycles. The number of aryl methyl sites for hydroxylation is 2. The molecule has 5 rings (SSSR count). The Morgan fingerprint density at radius 1 is 0.842 bits per heavy atom. The average Bonchev–Trinajstić information content (AvgIpc) is 2.87. The Kier molecular flexibility index (Phi) is 6.51. The van der Waals surface area contributed by atoms with Crippen molar-refractivity contribution in [2.75, 3.05) is 19.6 Å². The van der Waals surface area contributed by atoms with E-state index in [1.54, 1.807) is 54.0 Å². The molecule has 2 fully saturated rings. The summed E-state index contributed by atoms with van der Waals surface area (Å²) in [5, 5.41) is 9.44. The summed E-state index contributed by atoms with van der Waals surface area (Å²) in [5.74, 6) is -2.68. The van der Waals surface area contributed by atoms with Gasteiger partial charge in [0.05, 0.1) is 16.7 Å². The van der Waals surface area contributed by atoms with E-state index in [0.717, 1.165) is 0 Å². The molecule has 3 aromatic carbocycles. The minimum Gasteiger partial charge on any atom is -0.478 e. The SMILES string of the molecule is Cc1cc(C(=O)N2CCCC3(CCN3C(=O)c3ccc(-c4ccc(F)cc4)cc3F)C2)cc(C)c1C(=O)O. The van der Waals surface area contributed by atoms with Crippen molar-refractivity contribution in [1.82, 2.24) is 9.80 Å². The largest absolute Gasteiger partial charge is 0.478 e. The fraction of sp³-hybridized carbons (Fsp3) is 0.300. The summed E-state index contributed by atoms with van der Waals surface area (Å²) < 4.78 is 28.3. The number of piperidine rings is 1. The molecule has 0 aliphatic carbocycles. The summed E-state index contributed by atoms with van der Waals surface area (Å²) in [5.41, 5.74) is 2.26. The standard InChI is InChI=1S/C30H28F2N2O4/c1-18-14-22(15-19(2)26(18)29(37)38)27(35)33-12-3-10-30(17-33)11-13-34(30)28(36)24-9-6-21(16-25(24)32)20-4-7-23(31)8-5-20/h4-9,14-16H,3,10-13,17H2,1-2H3,(H,37,38). The Balaban J connectivity index is 1.35. The Morgan fingerprint density at radius 3 is 2.08 bits per heavy atom. The van der Waals surface area contributed by atoms with Crippen LogP contribution in [0.1, 0.15) is 61.5 Å². The van der Waals surface area contributed by atoms with Crippen molar-refractivity contribution in [3.8, 4) is 11.1 Å². The average molecular weight is 519 g/mol. The first-order valence-corrected chi connectivity index (χ1v) is 12.6. The van der Waals surface area contributed by atoms with Crippen molar-refractivity contribution in [2.24, 2.45) is 0 Å². The number of halogens is 2. The molecular weight excluding hydrogens is 490 g/mol. The molecule has 1 unspecified atom stereocenters. The number of carbonyl (C=O) groups excluding carboxylic acids is 2. The first kappa shape index (κ1) is 25.6.